The number of nitrogens with one attached hydrogen (secondary N) is 1. The average Bonchev–Trinajstić information content (AvgIpc) is 3.36. The molecule has 0 bridgehead atoms. The second-order valence-corrected chi connectivity index (χ2v) is 9.77. The normalized spacial score (nSPS) is 12.6. The average molecular weight is 495 g/mol. The van der Waals surface area contributed by atoms with Crippen LogP contribution in [-0.4, -0.2) is 53.3 Å². The number of fused-ring (bicyclic) bond motifs is 1. The van der Waals surface area contributed by atoms with Gasteiger partial charge in [0.1, 0.15) is 11.8 Å². The molecule has 36 heavy (non-hydrogen) atoms. The molecule has 8 heteroatoms. The molecule has 8 nitrogen and oxygen atoms in total. The fraction of sp³-hybridized carbons (Fsp3) is 0.500. The number of para-hydroxylation sites is 1. The van der Waals surface area contributed by atoms with Crippen molar-refractivity contribution < 1.29 is 18.7 Å². The van der Waals surface area contributed by atoms with E-state index < -0.39 is 11.6 Å². The van der Waals surface area contributed by atoms with Crippen LogP contribution in [0.25, 0.3) is 22.2 Å². The number of rotatable bonds is 13. The first-order valence-corrected chi connectivity index (χ1v) is 12.6. The maximum atomic E-state index is 13.1. The lowest BCUT2D eigenvalue weighted by atomic mass is 10.0. The Labute approximate surface area is 213 Å². The zero-order chi connectivity index (χ0) is 26.3. The number of unbranched alkanes of at least 4 members (excludes halogenated alkanes) is 2. The van der Waals surface area contributed by atoms with Gasteiger partial charge < -0.3 is 14.5 Å². The van der Waals surface area contributed by atoms with Crippen molar-refractivity contribution in [2.45, 2.75) is 70.9 Å². The number of carbonyl (C=O) groups is 2. The number of ether oxygens (including phenoxy) is 1. The molecule has 0 saturated carbocycles. The van der Waals surface area contributed by atoms with Gasteiger partial charge in [-0.05, 0) is 52.9 Å². The van der Waals surface area contributed by atoms with Crippen molar-refractivity contribution in [2.24, 2.45) is 0 Å². The van der Waals surface area contributed by atoms with Crippen molar-refractivity contribution in [3.8, 4) is 17.2 Å². The van der Waals surface area contributed by atoms with Crippen molar-refractivity contribution in [1.29, 1.82) is 0 Å². The number of benzene rings is 1. The maximum Gasteiger partial charge on any atom is 0.240 e. The highest BCUT2D eigenvalue weighted by Crippen LogP contribution is 2.34. The Hall–Kier alpha value is -3.26. The monoisotopic (exact) mass is 494 g/mol. The zero-order valence-electron chi connectivity index (χ0n) is 22.3. The quantitative estimate of drug-likeness (QED) is 0.321. The highest BCUT2D eigenvalue weighted by molar-refractivity contribution is 5.86. The summed E-state index contributed by atoms with van der Waals surface area (Å²) in [6.07, 6.45) is 6.05. The summed E-state index contributed by atoms with van der Waals surface area (Å²) in [5.41, 5.74) is 0.828. The first kappa shape index (κ1) is 27.3. The number of carbonyl (C=O) groups excluding carboxylic acids is 2. The van der Waals surface area contributed by atoms with Gasteiger partial charge in [0.2, 0.25) is 17.7 Å². The maximum absolute atomic E-state index is 13.1. The van der Waals surface area contributed by atoms with Crippen molar-refractivity contribution in [3.63, 3.8) is 0 Å². The third kappa shape index (κ3) is 6.49. The second-order valence-electron chi connectivity index (χ2n) is 9.77. The van der Waals surface area contributed by atoms with E-state index in [1.54, 1.807) is 13.3 Å². The minimum atomic E-state index is -0.702. The van der Waals surface area contributed by atoms with Gasteiger partial charge in [-0.1, -0.05) is 38.0 Å². The summed E-state index contributed by atoms with van der Waals surface area (Å²) in [5.74, 6) is 1.59. The zero-order valence-corrected chi connectivity index (χ0v) is 22.3. The minimum Gasteiger partial charge on any atom is -0.480 e. The molecule has 1 N–H and O–H groups in total. The summed E-state index contributed by atoms with van der Waals surface area (Å²) in [4.78, 5) is 35.8. The second kappa shape index (κ2) is 12.1. The van der Waals surface area contributed by atoms with Gasteiger partial charge in [0.25, 0.3) is 0 Å². The molecule has 0 spiro atoms. The van der Waals surface area contributed by atoms with E-state index in [9.17, 15) is 9.59 Å². The lowest BCUT2D eigenvalue weighted by molar-refractivity contribution is -0.131. The third-order valence-electron chi connectivity index (χ3n) is 6.79. The Bertz CT molecular complexity index is 1190. The Morgan fingerprint density at radius 2 is 1.92 bits per heavy atom. The standard InChI is InChI=1S/C28H38N4O4/c1-7-20(33)14-9-8-10-16-23(31-27(34)28(2,3)32(4)5)26-29-18-24(36-26)21-17-19-13-11-12-15-22(19)30-25(21)35-6/h11-13,15,17-18,23H,7-10,14,16H2,1-6H3,(H,31,34)/t23-/m0/s1. The molecule has 1 amide bonds. The molecule has 0 fully saturated rings. The number of likely N-dealkylation sites (N-methyl/N-ethyl adjacent to an activating group) is 1. The molecule has 0 unspecified atom stereocenters. The third-order valence-corrected chi connectivity index (χ3v) is 6.79. The smallest absolute Gasteiger partial charge is 0.240 e. The highest BCUT2D eigenvalue weighted by atomic mass is 16.5. The molecule has 0 saturated heterocycles. The Morgan fingerprint density at radius 1 is 1.17 bits per heavy atom. The van der Waals surface area contributed by atoms with E-state index in [1.807, 2.05) is 70.1 Å². The van der Waals surface area contributed by atoms with E-state index >= 15 is 0 Å². The van der Waals surface area contributed by atoms with Crippen LogP contribution >= 0.6 is 0 Å². The molecule has 2 aromatic heterocycles. The molecule has 0 aliphatic rings. The van der Waals surface area contributed by atoms with Crippen LogP contribution in [0.1, 0.15) is 71.2 Å². The SMILES string of the molecule is CCC(=O)CCCCC[C@H](NC(=O)C(C)(C)N(C)C)c1ncc(-c2cc3ccccc3nc2OC)o1. The van der Waals surface area contributed by atoms with E-state index in [4.69, 9.17) is 9.15 Å². The molecular weight excluding hydrogens is 456 g/mol. The number of hydrogen-bond donors (Lipinski definition) is 1. The largest absolute Gasteiger partial charge is 0.480 e. The van der Waals surface area contributed by atoms with Gasteiger partial charge in [-0.3, -0.25) is 14.5 Å². The molecule has 3 rings (SSSR count). The molecule has 2 heterocycles. The summed E-state index contributed by atoms with van der Waals surface area (Å²) in [6.45, 7) is 5.64. The van der Waals surface area contributed by atoms with Crippen LogP contribution in [0.15, 0.2) is 40.9 Å². The fourth-order valence-electron chi connectivity index (χ4n) is 3.82. The van der Waals surface area contributed by atoms with Crippen LogP contribution in [0.2, 0.25) is 0 Å². The number of aromatic nitrogens is 2. The summed E-state index contributed by atoms with van der Waals surface area (Å²) in [5, 5.41) is 4.10. The summed E-state index contributed by atoms with van der Waals surface area (Å²) >= 11 is 0. The van der Waals surface area contributed by atoms with Gasteiger partial charge in [-0.2, -0.15) is 0 Å². The van der Waals surface area contributed by atoms with Crippen LogP contribution in [0.3, 0.4) is 0 Å². The van der Waals surface area contributed by atoms with Crippen molar-refractivity contribution in [3.05, 3.63) is 42.4 Å². The molecular formula is C28H38N4O4. The highest BCUT2D eigenvalue weighted by Gasteiger charge is 2.33. The number of amides is 1. The Kier molecular flexibility index (Phi) is 9.20. The van der Waals surface area contributed by atoms with Crippen LogP contribution < -0.4 is 10.1 Å². The number of pyridine rings is 1. The van der Waals surface area contributed by atoms with Gasteiger partial charge in [0.15, 0.2) is 5.76 Å². The van der Waals surface area contributed by atoms with E-state index in [1.165, 1.54) is 0 Å². The number of ketones is 1. The number of nitrogens with zero attached hydrogens (tertiary/aromatic N) is 3. The fourth-order valence-corrected chi connectivity index (χ4v) is 3.82. The molecule has 1 atom stereocenters. The Morgan fingerprint density at radius 3 is 2.61 bits per heavy atom. The summed E-state index contributed by atoms with van der Waals surface area (Å²) in [6, 6.07) is 9.38. The van der Waals surface area contributed by atoms with Gasteiger partial charge >= 0.3 is 0 Å². The molecule has 3 aromatic rings. The number of Topliss-reactive ketones (excluding diaryl/α,β-unsaturated/α-hetero) is 1. The molecule has 0 aliphatic heterocycles. The summed E-state index contributed by atoms with van der Waals surface area (Å²) < 4.78 is 11.7. The van der Waals surface area contributed by atoms with Crippen LogP contribution in [0.5, 0.6) is 5.88 Å². The first-order chi connectivity index (χ1) is 17.2. The first-order valence-electron chi connectivity index (χ1n) is 12.6. The van der Waals surface area contributed by atoms with Crippen molar-refractivity contribution in [2.75, 3.05) is 21.2 Å². The molecule has 1 aromatic carbocycles. The van der Waals surface area contributed by atoms with Crippen LogP contribution in [0.4, 0.5) is 0 Å². The van der Waals surface area contributed by atoms with Crippen LogP contribution in [0, 0.1) is 0 Å². The number of hydrogen-bond acceptors (Lipinski definition) is 7. The molecule has 0 aliphatic carbocycles. The van der Waals surface area contributed by atoms with E-state index in [-0.39, 0.29) is 11.7 Å². The summed E-state index contributed by atoms with van der Waals surface area (Å²) in [7, 11) is 5.33. The van der Waals surface area contributed by atoms with Crippen LogP contribution in [-0.2, 0) is 9.59 Å². The van der Waals surface area contributed by atoms with Crippen molar-refractivity contribution >= 4 is 22.6 Å². The van der Waals surface area contributed by atoms with Crippen molar-refractivity contribution in [1.82, 2.24) is 20.2 Å². The molecule has 0 radical (unpaired) electrons. The Balaban J connectivity index is 1.84. The number of methoxy groups -OCH3 is 1. The van der Waals surface area contributed by atoms with Gasteiger partial charge in [-0.25, -0.2) is 9.97 Å². The number of oxazole rings is 1. The predicted molar refractivity (Wildman–Crippen MR) is 141 cm³/mol. The van der Waals surface area contributed by atoms with E-state index in [0.29, 0.717) is 42.4 Å². The topological polar surface area (TPSA) is 97.6 Å². The minimum absolute atomic E-state index is 0.108. The van der Waals surface area contributed by atoms with Gasteiger partial charge in [0, 0.05) is 18.2 Å². The van der Waals surface area contributed by atoms with E-state index in [2.05, 4.69) is 15.3 Å². The van der Waals surface area contributed by atoms with E-state index in [0.717, 1.165) is 30.2 Å². The predicted octanol–water partition coefficient (Wildman–Crippen LogP) is 5.33. The van der Waals surface area contributed by atoms with Gasteiger partial charge in [0.05, 0.1) is 29.9 Å². The molecule has 194 valence electrons. The van der Waals surface area contributed by atoms with Gasteiger partial charge in [-0.15, -0.1) is 0 Å². The lowest BCUT2D eigenvalue weighted by Gasteiger charge is -2.32. The lowest BCUT2D eigenvalue weighted by Crippen LogP contribution is -2.52.